The first-order valence-corrected chi connectivity index (χ1v) is 12.9. The molecule has 9 heteroatoms. The number of rotatable bonds is 5. The Bertz CT molecular complexity index is 1610. The van der Waals surface area contributed by atoms with Gasteiger partial charge in [-0.2, -0.15) is 4.98 Å². The van der Waals surface area contributed by atoms with E-state index < -0.39 is 0 Å². The van der Waals surface area contributed by atoms with Crippen LogP contribution in [0.2, 0.25) is 0 Å². The summed E-state index contributed by atoms with van der Waals surface area (Å²) in [7, 11) is 0. The molecular formula is C29H30N8O. The number of carbonyl (C=O) groups excluding carboxylic acids is 1. The number of nitrogens with one attached hydrogen (secondary N) is 2. The molecule has 6 rings (SSSR count). The van der Waals surface area contributed by atoms with Crippen molar-refractivity contribution in [1.82, 2.24) is 24.4 Å². The summed E-state index contributed by atoms with van der Waals surface area (Å²) >= 11 is 0. The lowest BCUT2D eigenvalue weighted by Gasteiger charge is -2.36. The third-order valence-electron chi connectivity index (χ3n) is 7.30. The zero-order valence-electron chi connectivity index (χ0n) is 21.2. The molecule has 2 atom stereocenters. The van der Waals surface area contributed by atoms with Crippen LogP contribution >= 0.6 is 0 Å². The molecule has 38 heavy (non-hydrogen) atoms. The Kier molecular flexibility index (Phi) is 6.25. The molecule has 9 nitrogen and oxygen atoms in total. The van der Waals surface area contributed by atoms with Gasteiger partial charge in [0.2, 0.25) is 5.95 Å². The fraction of sp³-hybridized carbons (Fsp3) is 0.241. The minimum atomic E-state index is -0.0656. The summed E-state index contributed by atoms with van der Waals surface area (Å²) in [5.74, 6) is 1.54. The van der Waals surface area contributed by atoms with Gasteiger partial charge in [-0.25, -0.2) is 14.8 Å². The van der Waals surface area contributed by atoms with Gasteiger partial charge in [0.05, 0.1) is 16.7 Å². The Balaban J connectivity index is 1.13. The number of amides is 2. The normalized spacial score (nSPS) is 16.4. The smallest absolute Gasteiger partial charge is 0.321 e. The average molecular weight is 507 g/mol. The maximum atomic E-state index is 13.2. The first-order chi connectivity index (χ1) is 18.5. The van der Waals surface area contributed by atoms with E-state index in [9.17, 15) is 4.79 Å². The molecule has 2 amide bonds. The van der Waals surface area contributed by atoms with Gasteiger partial charge >= 0.3 is 6.03 Å². The molecule has 1 saturated heterocycles. The molecule has 2 aromatic heterocycles. The number of imidazole rings is 1. The van der Waals surface area contributed by atoms with E-state index in [1.165, 1.54) is 0 Å². The summed E-state index contributed by atoms with van der Waals surface area (Å²) in [6.45, 7) is 3.53. The Morgan fingerprint density at radius 2 is 1.95 bits per heavy atom. The van der Waals surface area contributed by atoms with Crippen molar-refractivity contribution in [1.29, 1.82) is 0 Å². The molecular weight excluding hydrogens is 476 g/mol. The van der Waals surface area contributed by atoms with E-state index in [2.05, 4.69) is 39.7 Å². The van der Waals surface area contributed by atoms with Gasteiger partial charge in [0.1, 0.15) is 12.1 Å². The van der Waals surface area contributed by atoms with Crippen LogP contribution in [-0.2, 0) is 0 Å². The fourth-order valence-electron chi connectivity index (χ4n) is 5.22. The molecule has 5 aromatic rings. The van der Waals surface area contributed by atoms with E-state index in [1.54, 1.807) is 12.5 Å². The maximum Gasteiger partial charge on any atom is 0.321 e. The van der Waals surface area contributed by atoms with Crippen LogP contribution in [-0.4, -0.2) is 49.6 Å². The van der Waals surface area contributed by atoms with Gasteiger partial charge in [0, 0.05) is 36.4 Å². The molecule has 0 radical (unpaired) electrons. The number of urea groups is 1. The summed E-state index contributed by atoms with van der Waals surface area (Å²) in [6, 6.07) is 21.6. The molecule has 0 aliphatic carbocycles. The van der Waals surface area contributed by atoms with E-state index in [1.807, 2.05) is 64.1 Å². The van der Waals surface area contributed by atoms with Crippen LogP contribution in [0.5, 0.6) is 0 Å². The molecule has 0 spiro atoms. The summed E-state index contributed by atoms with van der Waals surface area (Å²) in [5, 5.41) is 8.75. The van der Waals surface area contributed by atoms with E-state index in [-0.39, 0.29) is 18.0 Å². The summed E-state index contributed by atoms with van der Waals surface area (Å²) in [5.41, 5.74) is 9.15. The lowest BCUT2D eigenvalue weighted by atomic mass is 9.92. The molecule has 1 fully saturated rings. The minimum absolute atomic E-state index is 0.0656. The SMILES string of the molecule is CC(Nc1nccc(-n2cnc3cc(N)ccc32)n1)C1CCCN(C(=O)Nc2cccc3ccccc23)C1. The largest absolute Gasteiger partial charge is 0.399 e. The van der Waals surface area contributed by atoms with Crippen LogP contribution < -0.4 is 16.4 Å². The number of hydrogen-bond acceptors (Lipinski definition) is 6. The minimum Gasteiger partial charge on any atom is -0.399 e. The lowest BCUT2D eigenvalue weighted by Crippen LogP contribution is -2.46. The van der Waals surface area contributed by atoms with Gasteiger partial charge in [0.25, 0.3) is 0 Å². The van der Waals surface area contributed by atoms with E-state index in [4.69, 9.17) is 10.7 Å². The highest BCUT2D eigenvalue weighted by Gasteiger charge is 2.28. The van der Waals surface area contributed by atoms with Gasteiger partial charge in [-0.15, -0.1) is 0 Å². The second kappa shape index (κ2) is 10.0. The van der Waals surface area contributed by atoms with Crippen LogP contribution in [0.15, 0.2) is 79.3 Å². The highest BCUT2D eigenvalue weighted by Crippen LogP contribution is 2.26. The highest BCUT2D eigenvalue weighted by molar-refractivity contribution is 6.01. The molecule has 4 N–H and O–H groups in total. The summed E-state index contributed by atoms with van der Waals surface area (Å²) in [6.07, 6.45) is 5.46. The van der Waals surface area contributed by atoms with Crippen molar-refractivity contribution in [2.75, 3.05) is 29.5 Å². The van der Waals surface area contributed by atoms with Crippen molar-refractivity contribution >= 4 is 45.2 Å². The number of anilines is 3. The van der Waals surface area contributed by atoms with Crippen LogP contribution in [0, 0.1) is 5.92 Å². The zero-order chi connectivity index (χ0) is 26.1. The Morgan fingerprint density at radius 3 is 2.87 bits per heavy atom. The number of aromatic nitrogens is 4. The van der Waals surface area contributed by atoms with Crippen LogP contribution in [0.1, 0.15) is 19.8 Å². The highest BCUT2D eigenvalue weighted by atomic mass is 16.2. The predicted octanol–water partition coefficient (Wildman–Crippen LogP) is 5.30. The molecule has 0 bridgehead atoms. The second-order valence-corrected chi connectivity index (χ2v) is 9.84. The van der Waals surface area contributed by atoms with Crippen molar-refractivity contribution in [3.63, 3.8) is 0 Å². The molecule has 192 valence electrons. The summed E-state index contributed by atoms with van der Waals surface area (Å²) in [4.78, 5) is 28.7. The van der Waals surface area contributed by atoms with Gasteiger partial charge < -0.3 is 21.3 Å². The van der Waals surface area contributed by atoms with Crippen LogP contribution in [0.3, 0.4) is 0 Å². The molecule has 2 unspecified atom stereocenters. The van der Waals surface area contributed by atoms with Gasteiger partial charge in [-0.3, -0.25) is 4.57 Å². The Labute approximate surface area is 220 Å². The Hall–Kier alpha value is -4.66. The molecule has 1 aliphatic heterocycles. The number of piperidine rings is 1. The lowest BCUT2D eigenvalue weighted by molar-refractivity contribution is 0.172. The van der Waals surface area contributed by atoms with Gasteiger partial charge in [-0.1, -0.05) is 36.4 Å². The maximum absolute atomic E-state index is 13.2. The molecule has 0 saturated carbocycles. The number of nitrogens with zero attached hydrogens (tertiary/aromatic N) is 5. The topological polar surface area (TPSA) is 114 Å². The van der Waals surface area contributed by atoms with Gasteiger partial charge in [0.15, 0.2) is 0 Å². The first kappa shape index (κ1) is 23.7. The monoisotopic (exact) mass is 506 g/mol. The molecule has 3 aromatic carbocycles. The number of likely N-dealkylation sites (tertiary alicyclic amines) is 1. The van der Waals surface area contributed by atoms with Crippen LogP contribution in [0.25, 0.3) is 27.6 Å². The number of nitrogens with two attached hydrogens (primary N) is 1. The van der Waals surface area contributed by atoms with E-state index >= 15 is 0 Å². The van der Waals surface area contributed by atoms with E-state index in [0.29, 0.717) is 18.2 Å². The number of fused-ring (bicyclic) bond motifs is 2. The standard InChI is InChI=1S/C29H30N8O/c1-19(33-28-31-14-13-27(35-28)37-18-32-25-16-22(30)11-12-26(25)37)21-8-5-15-36(17-21)29(38)34-24-10-4-7-20-6-2-3-9-23(20)24/h2-4,6-7,9-14,16,18-19,21H,5,8,15,17,30H2,1H3,(H,34,38)(H,31,33,35). The van der Waals surface area contributed by atoms with Crippen molar-refractivity contribution in [2.24, 2.45) is 5.92 Å². The predicted molar refractivity (Wildman–Crippen MR) is 151 cm³/mol. The third-order valence-corrected chi connectivity index (χ3v) is 7.30. The van der Waals surface area contributed by atoms with E-state index in [0.717, 1.165) is 52.7 Å². The Morgan fingerprint density at radius 1 is 1.08 bits per heavy atom. The average Bonchev–Trinajstić information content (AvgIpc) is 3.36. The van der Waals surface area contributed by atoms with Crippen molar-refractivity contribution in [3.8, 4) is 5.82 Å². The second-order valence-electron chi connectivity index (χ2n) is 9.84. The zero-order valence-corrected chi connectivity index (χ0v) is 21.2. The summed E-state index contributed by atoms with van der Waals surface area (Å²) < 4.78 is 1.92. The first-order valence-electron chi connectivity index (χ1n) is 12.9. The third kappa shape index (κ3) is 4.70. The van der Waals surface area contributed by atoms with Crippen LogP contribution in [0.4, 0.5) is 22.1 Å². The van der Waals surface area contributed by atoms with Crippen molar-refractivity contribution in [2.45, 2.75) is 25.8 Å². The van der Waals surface area contributed by atoms with Gasteiger partial charge in [-0.05, 0) is 61.4 Å². The number of nitrogen functional groups attached to an aromatic ring is 1. The number of benzene rings is 3. The number of hydrogen-bond donors (Lipinski definition) is 3. The molecule has 3 heterocycles. The number of carbonyl (C=O) groups is 1. The van der Waals surface area contributed by atoms with Crippen molar-refractivity contribution < 1.29 is 4.79 Å². The van der Waals surface area contributed by atoms with Crippen molar-refractivity contribution in [3.05, 3.63) is 79.3 Å². The quantitative estimate of drug-likeness (QED) is 0.279. The molecule has 1 aliphatic rings. The fourth-order valence-corrected chi connectivity index (χ4v) is 5.22.